The molecule has 7 nitrogen and oxygen atoms in total. The molecule has 0 heterocycles. The Hall–Kier alpha value is -3.22. The highest BCUT2D eigenvalue weighted by atomic mass is 16.6. The number of hydrogen-bond acceptors (Lipinski definition) is 5. The Morgan fingerprint density at radius 2 is 1.67 bits per heavy atom. The minimum Gasteiger partial charge on any atom is -0.445 e. The first-order valence-electron chi connectivity index (χ1n) is 8.73. The van der Waals surface area contributed by atoms with Crippen LogP contribution >= 0.6 is 0 Å². The maximum atomic E-state index is 12.7. The molecule has 0 bridgehead atoms. The van der Waals surface area contributed by atoms with Crippen molar-refractivity contribution in [2.45, 2.75) is 31.5 Å². The van der Waals surface area contributed by atoms with Crippen molar-refractivity contribution in [2.24, 2.45) is 5.92 Å². The summed E-state index contributed by atoms with van der Waals surface area (Å²) in [6.07, 6.45) is -0.231. The lowest BCUT2D eigenvalue weighted by molar-refractivity contribution is -0.497. The van der Waals surface area contributed by atoms with Crippen LogP contribution in [0.15, 0.2) is 60.7 Å². The van der Waals surface area contributed by atoms with Crippen LogP contribution in [-0.2, 0) is 22.6 Å². The Morgan fingerprint density at radius 1 is 1.07 bits per heavy atom. The molecule has 0 radical (unpaired) electrons. The van der Waals surface area contributed by atoms with Crippen LogP contribution in [0.5, 0.6) is 0 Å². The molecule has 0 aromatic heterocycles. The van der Waals surface area contributed by atoms with Crippen molar-refractivity contribution in [3.8, 4) is 0 Å². The fraction of sp³-hybridized carbons (Fsp3) is 0.300. The molecule has 2 aromatic rings. The second kappa shape index (κ2) is 8.44. The molecule has 140 valence electrons. The lowest BCUT2D eigenvalue weighted by atomic mass is 10.00. The Bertz CT molecular complexity index is 810. The zero-order valence-corrected chi connectivity index (χ0v) is 14.6. The second-order valence-corrected chi connectivity index (χ2v) is 6.55. The van der Waals surface area contributed by atoms with E-state index < -0.39 is 29.0 Å². The first-order valence-corrected chi connectivity index (χ1v) is 8.73. The van der Waals surface area contributed by atoms with Crippen LogP contribution in [0.2, 0.25) is 0 Å². The highest BCUT2D eigenvalue weighted by molar-refractivity contribution is 5.91. The van der Waals surface area contributed by atoms with Gasteiger partial charge in [0, 0.05) is 11.3 Å². The van der Waals surface area contributed by atoms with E-state index in [1.54, 1.807) is 0 Å². The van der Waals surface area contributed by atoms with Gasteiger partial charge in [-0.15, -0.1) is 0 Å². The van der Waals surface area contributed by atoms with Crippen molar-refractivity contribution in [1.29, 1.82) is 0 Å². The maximum absolute atomic E-state index is 12.7. The monoisotopic (exact) mass is 368 g/mol. The Labute approximate surface area is 156 Å². The summed E-state index contributed by atoms with van der Waals surface area (Å²) in [6.45, 7) is 0.0832. The fourth-order valence-corrected chi connectivity index (χ4v) is 2.96. The molecule has 2 unspecified atom stereocenters. The zero-order valence-electron chi connectivity index (χ0n) is 14.6. The number of ether oxygens (including phenoxy) is 1. The minimum absolute atomic E-state index is 0.0832. The van der Waals surface area contributed by atoms with Crippen molar-refractivity contribution in [3.05, 3.63) is 81.9 Å². The molecule has 0 saturated heterocycles. The topological polar surface area (TPSA) is 98.5 Å². The number of ketones is 1. The van der Waals surface area contributed by atoms with Gasteiger partial charge in [-0.25, -0.2) is 4.79 Å². The van der Waals surface area contributed by atoms with Crippen molar-refractivity contribution in [3.63, 3.8) is 0 Å². The molecule has 3 rings (SSSR count). The van der Waals surface area contributed by atoms with Gasteiger partial charge >= 0.3 is 6.09 Å². The number of carbonyl (C=O) groups is 2. The van der Waals surface area contributed by atoms with Crippen molar-refractivity contribution in [1.82, 2.24) is 5.32 Å². The van der Waals surface area contributed by atoms with E-state index in [-0.39, 0.29) is 25.2 Å². The highest BCUT2D eigenvalue weighted by Crippen LogP contribution is 2.35. The first kappa shape index (κ1) is 18.6. The zero-order chi connectivity index (χ0) is 19.2. The number of Topliss-reactive ketones (excluding diaryl/α,β-unsaturated/α-hetero) is 1. The molecule has 2 aromatic carbocycles. The summed E-state index contributed by atoms with van der Waals surface area (Å²) in [7, 11) is 0. The van der Waals surface area contributed by atoms with E-state index >= 15 is 0 Å². The van der Waals surface area contributed by atoms with Gasteiger partial charge in [-0.05, 0) is 17.5 Å². The third-order valence-electron chi connectivity index (χ3n) is 4.52. The molecule has 1 saturated carbocycles. The van der Waals surface area contributed by atoms with Gasteiger partial charge in [0.2, 0.25) is 6.04 Å². The first-order chi connectivity index (χ1) is 13.0. The number of nitrogens with zero attached hydrogens (tertiary/aromatic N) is 1. The average molecular weight is 368 g/mol. The third kappa shape index (κ3) is 5.13. The lowest BCUT2D eigenvalue weighted by Gasteiger charge is -2.17. The summed E-state index contributed by atoms with van der Waals surface area (Å²) < 4.78 is 5.18. The molecule has 7 heteroatoms. The van der Waals surface area contributed by atoms with E-state index in [1.807, 2.05) is 60.7 Å². The number of carbonyl (C=O) groups excluding carboxylic acids is 2. The Balaban J connectivity index is 1.63. The molecular weight excluding hydrogens is 348 g/mol. The Kier molecular flexibility index (Phi) is 5.80. The number of benzene rings is 2. The van der Waals surface area contributed by atoms with E-state index in [9.17, 15) is 19.7 Å². The summed E-state index contributed by atoms with van der Waals surface area (Å²) in [5, 5.41) is 13.5. The van der Waals surface area contributed by atoms with Crippen molar-refractivity contribution < 1.29 is 19.2 Å². The quantitative estimate of drug-likeness (QED) is 0.571. The summed E-state index contributed by atoms with van der Waals surface area (Å²) in [6, 6.07) is 16.7. The van der Waals surface area contributed by atoms with Crippen molar-refractivity contribution >= 4 is 11.9 Å². The molecule has 0 spiro atoms. The van der Waals surface area contributed by atoms with Gasteiger partial charge in [0.25, 0.3) is 0 Å². The molecule has 1 amide bonds. The molecule has 27 heavy (non-hydrogen) atoms. The van der Waals surface area contributed by atoms with E-state index in [0.29, 0.717) is 0 Å². The molecule has 0 aliphatic heterocycles. The van der Waals surface area contributed by atoms with Crippen LogP contribution < -0.4 is 5.32 Å². The van der Waals surface area contributed by atoms with Crippen LogP contribution in [-0.4, -0.2) is 28.9 Å². The average Bonchev–Trinajstić information content (AvgIpc) is 3.48. The third-order valence-corrected chi connectivity index (χ3v) is 4.52. The van der Waals surface area contributed by atoms with E-state index in [1.165, 1.54) is 0 Å². The van der Waals surface area contributed by atoms with Crippen molar-refractivity contribution in [2.75, 3.05) is 0 Å². The number of nitro groups is 1. The number of rotatable bonds is 8. The summed E-state index contributed by atoms with van der Waals surface area (Å²) in [5.41, 5.74) is 1.69. The second-order valence-electron chi connectivity index (χ2n) is 6.55. The SMILES string of the molecule is O=C(N[C@@H](Cc1ccccc1)C(=O)C1CC1[N+](=O)[O-])OCc1ccccc1. The van der Waals surface area contributed by atoms with Gasteiger partial charge in [0.05, 0.1) is 12.0 Å². The van der Waals surface area contributed by atoms with Crippen LogP contribution in [0.3, 0.4) is 0 Å². The highest BCUT2D eigenvalue weighted by Gasteiger charge is 2.54. The van der Waals surface area contributed by atoms with Gasteiger partial charge < -0.3 is 10.1 Å². The van der Waals surface area contributed by atoms with Gasteiger partial charge in [-0.2, -0.15) is 0 Å². The molecule has 1 aliphatic carbocycles. The summed E-state index contributed by atoms with van der Waals surface area (Å²) in [4.78, 5) is 35.3. The summed E-state index contributed by atoms with van der Waals surface area (Å²) >= 11 is 0. The van der Waals surface area contributed by atoms with Gasteiger partial charge in [0.15, 0.2) is 5.78 Å². The standard InChI is InChI=1S/C20H20N2O5/c23-19(16-12-18(16)22(25)26)17(11-14-7-3-1-4-8-14)21-20(24)27-13-15-9-5-2-6-10-15/h1-10,16-18H,11-13H2,(H,21,24)/t16?,17-,18?/m0/s1. The fourth-order valence-electron chi connectivity index (χ4n) is 2.96. The van der Waals surface area contributed by atoms with Crippen LogP contribution in [0.25, 0.3) is 0 Å². The smallest absolute Gasteiger partial charge is 0.408 e. The molecule has 1 aliphatic rings. The molecule has 1 N–H and O–H groups in total. The predicted molar refractivity (Wildman–Crippen MR) is 97.6 cm³/mol. The maximum Gasteiger partial charge on any atom is 0.408 e. The molecule has 1 fully saturated rings. The van der Waals surface area contributed by atoms with Gasteiger partial charge in [-0.1, -0.05) is 60.7 Å². The van der Waals surface area contributed by atoms with E-state index in [2.05, 4.69) is 5.32 Å². The predicted octanol–water partition coefficient (Wildman–Crippen LogP) is 2.76. The van der Waals surface area contributed by atoms with Gasteiger partial charge in [0.1, 0.15) is 6.61 Å². The minimum atomic E-state index is -0.856. The Morgan fingerprint density at radius 3 is 2.22 bits per heavy atom. The van der Waals surface area contributed by atoms with Crippen LogP contribution in [0.1, 0.15) is 17.5 Å². The van der Waals surface area contributed by atoms with E-state index in [0.717, 1.165) is 11.1 Å². The largest absolute Gasteiger partial charge is 0.445 e. The van der Waals surface area contributed by atoms with E-state index in [4.69, 9.17) is 4.74 Å². The summed E-state index contributed by atoms with van der Waals surface area (Å²) in [5.74, 6) is -0.972. The number of alkyl carbamates (subject to hydrolysis) is 1. The molecule has 3 atom stereocenters. The number of hydrogen-bond donors (Lipinski definition) is 1. The number of nitrogens with one attached hydrogen (secondary N) is 1. The number of amides is 1. The normalized spacial score (nSPS) is 19.0. The molecular formula is C20H20N2O5. The lowest BCUT2D eigenvalue weighted by Crippen LogP contribution is -2.44. The van der Waals surface area contributed by atoms with Gasteiger partial charge in [-0.3, -0.25) is 14.9 Å². The van der Waals surface area contributed by atoms with Crippen LogP contribution in [0, 0.1) is 16.0 Å². The van der Waals surface area contributed by atoms with Crippen LogP contribution in [0.4, 0.5) is 4.79 Å².